The van der Waals surface area contributed by atoms with Gasteiger partial charge in [-0.3, -0.25) is 4.79 Å². The SMILES string of the molecule is CC[C@H](Cl)C(=O)N1CCC(C(F)(F)F)CC1. The summed E-state index contributed by atoms with van der Waals surface area (Å²) in [6.07, 6.45) is -3.66. The number of carbonyl (C=O) groups excluding carboxylic acids is 1. The average Bonchev–Trinajstić information content (AvgIpc) is 2.26. The van der Waals surface area contributed by atoms with Crippen molar-refractivity contribution in [2.75, 3.05) is 13.1 Å². The zero-order valence-corrected chi connectivity index (χ0v) is 9.81. The van der Waals surface area contributed by atoms with Crippen LogP contribution in [0.15, 0.2) is 0 Å². The topological polar surface area (TPSA) is 20.3 Å². The molecule has 6 heteroatoms. The molecule has 1 aliphatic heterocycles. The lowest BCUT2D eigenvalue weighted by Gasteiger charge is -2.33. The Balaban J connectivity index is 2.46. The van der Waals surface area contributed by atoms with Gasteiger partial charge in [0.1, 0.15) is 5.38 Å². The summed E-state index contributed by atoms with van der Waals surface area (Å²) in [6.45, 7) is 2.09. The molecule has 0 spiro atoms. The third-order valence-corrected chi connectivity index (χ3v) is 3.39. The normalized spacial score (nSPS) is 20.9. The Kier molecular flexibility index (Phi) is 4.47. The van der Waals surface area contributed by atoms with Crippen molar-refractivity contribution in [3.8, 4) is 0 Å². The Morgan fingerprint density at radius 3 is 2.31 bits per heavy atom. The van der Waals surface area contributed by atoms with E-state index in [9.17, 15) is 18.0 Å². The molecular weight excluding hydrogens is 243 g/mol. The van der Waals surface area contributed by atoms with E-state index in [1.807, 2.05) is 0 Å². The molecule has 0 bridgehead atoms. The summed E-state index contributed by atoms with van der Waals surface area (Å²) < 4.78 is 37.1. The van der Waals surface area contributed by atoms with Crippen LogP contribution < -0.4 is 0 Å². The second kappa shape index (κ2) is 5.25. The van der Waals surface area contributed by atoms with Crippen LogP contribution in [0.5, 0.6) is 0 Å². The molecule has 1 aliphatic rings. The van der Waals surface area contributed by atoms with Crippen molar-refractivity contribution in [2.24, 2.45) is 5.92 Å². The lowest BCUT2D eigenvalue weighted by atomic mass is 9.96. The Labute approximate surface area is 97.7 Å². The Hall–Kier alpha value is -0.450. The van der Waals surface area contributed by atoms with Crippen molar-refractivity contribution >= 4 is 17.5 Å². The van der Waals surface area contributed by atoms with E-state index in [1.165, 1.54) is 4.90 Å². The molecule has 0 aromatic rings. The summed E-state index contributed by atoms with van der Waals surface area (Å²) in [6, 6.07) is 0. The van der Waals surface area contributed by atoms with Gasteiger partial charge >= 0.3 is 6.18 Å². The van der Waals surface area contributed by atoms with Gasteiger partial charge in [-0.25, -0.2) is 0 Å². The van der Waals surface area contributed by atoms with Crippen LogP contribution in [0.1, 0.15) is 26.2 Å². The summed E-state index contributed by atoms with van der Waals surface area (Å²) in [7, 11) is 0. The number of hydrogen-bond acceptors (Lipinski definition) is 1. The molecule has 2 nitrogen and oxygen atoms in total. The number of nitrogens with zero attached hydrogens (tertiary/aromatic N) is 1. The molecular formula is C10H15ClF3NO. The Bertz CT molecular complexity index is 249. The predicted molar refractivity (Wildman–Crippen MR) is 55.3 cm³/mol. The van der Waals surface area contributed by atoms with E-state index in [-0.39, 0.29) is 31.8 Å². The molecule has 94 valence electrons. The van der Waals surface area contributed by atoms with Crippen molar-refractivity contribution in [3.63, 3.8) is 0 Å². The van der Waals surface area contributed by atoms with Crippen molar-refractivity contribution in [2.45, 2.75) is 37.7 Å². The van der Waals surface area contributed by atoms with Gasteiger partial charge in [0.2, 0.25) is 5.91 Å². The minimum Gasteiger partial charge on any atom is -0.341 e. The molecule has 0 saturated carbocycles. The predicted octanol–water partition coefficient (Wildman–Crippen LogP) is 2.80. The maximum Gasteiger partial charge on any atom is 0.391 e. The highest BCUT2D eigenvalue weighted by Crippen LogP contribution is 2.34. The minimum absolute atomic E-state index is 0.0113. The molecule has 1 heterocycles. The van der Waals surface area contributed by atoms with Gasteiger partial charge < -0.3 is 4.90 Å². The van der Waals surface area contributed by atoms with E-state index in [1.54, 1.807) is 6.92 Å². The molecule has 0 radical (unpaired) electrons. The van der Waals surface area contributed by atoms with Crippen LogP contribution in [0, 0.1) is 5.92 Å². The van der Waals surface area contributed by atoms with Crippen LogP contribution in [-0.4, -0.2) is 35.4 Å². The fourth-order valence-electron chi connectivity index (χ4n) is 1.80. The highest BCUT2D eigenvalue weighted by Gasteiger charge is 2.42. The first-order valence-electron chi connectivity index (χ1n) is 5.35. The molecule has 1 rings (SSSR count). The summed E-state index contributed by atoms with van der Waals surface area (Å²) in [4.78, 5) is 13.0. The number of amides is 1. The molecule has 0 aromatic carbocycles. The van der Waals surface area contributed by atoms with E-state index >= 15 is 0 Å². The zero-order chi connectivity index (χ0) is 12.3. The van der Waals surface area contributed by atoms with Gasteiger partial charge in [0, 0.05) is 13.1 Å². The quantitative estimate of drug-likeness (QED) is 0.697. The standard InChI is InChI=1S/C10H15ClF3NO/c1-2-8(11)9(16)15-5-3-7(4-6-15)10(12,13)14/h7-8H,2-6H2,1H3/t8-/m0/s1. The molecule has 1 fully saturated rings. The van der Waals surface area contributed by atoms with Crippen molar-refractivity contribution < 1.29 is 18.0 Å². The summed E-state index contributed by atoms with van der Waals surface area (Å²) in [5, 5.41) is -0.609. The summed E-state index contributed by atoms with van der Waals surface area (Å²) in [5.74, 6) is -1.52. The first-order valence-corrected chi connectivity index (χ1v) is 5.79. The van der Waals surface area contributed by atoms with Crippen LogP contribution in [0.2, 0.25) is 0 Å². The smallest absolute Gasteiger partial charge is 0.341 e. The molecule has 1 saturated heterocycles. The van der Waals surface area contributed by atoms with Gasteiger partial charge in [-0.05, 0) is 19.3 Å². The third-order valence-electron chi connectivity index (χ3n) is 2.90. The molecule has 1 amide bonds. The van der Waals surface area contributed by atoms with Crippen molar-refractivity contribution in [1.82, 2.24) is 4.90 Å². The van der Waals surface area contributed by atoms with Crippen molar-refractivity contribution in [3.05, 3.63) is 0 Å². The molecule has 0 N–H and O–H groups in total. The first-order chi connectivity index (χ1) is 7.36. The maximum atomic E-state index is 12.4. The van der Waals surface area contributed by atoms with E-state index in [0.717, 1.165) is 0 Å². The van der Waals surface area contributed by atoms with E-state index in [0.29, 0.717) is 6.42 Å². The zero-order valence-electron chi connectivity index (χ0n) is 9.06. The van der Waals surface area contributed by atoms with Gasteiger partial charge in [0.25, 0.3) is 0 Å². The second-order valence-electron chi connectivity index (χ2n) is 4.02. The lowest BCUT2D eigenvalue weighted by molar-refractivity contribution is -0.186. The Morgan fingerprint density at radius 2 is 1.94 bits per heavy atom. The monoisotopic (exact) mass is 257 g/mol. The number of rotatable bonds is 2. The minimum atomic E-state index is -4.14. The number of piperidine rings is 1. The second-order valence-corrected chi connectivity index (χ2v) is 4.54. The van der Waals surface area contributed by atoms with Gasteiger partial charge in [-0.2, -0.15) is 13.2 Å². The number of halogens is 4. The van der Waals surface area contributed by atoms with Crippen LogP contribution in [0.4, 0.5) is 13.2 Å². The summed E-state index contributed by atoms with van der Waals surface area (Å²) >= 11 is 5.76. The van der Waals surface area contributed by atoms with Gasteiger partial charge in [0.15, 0.2) is 0 Å². The maximum absolute atomic E-state index is 12.4. The number of alkyl halides is 4. The van der Waals surface area contributed by atoms with Crippen molar-refractivity contribution in [1.29, 1.82) is 0 Å². The average molecular weight is 258 g/mol. The van der Waals surface area contributed by atoms with Crippen LogP contribution in [-0.2, 0) is 4.79 Å². The van der Waals surface area contributed by atoms with Crippen LogP contribution in [0.3, 0.4) is 0 Å². The van der Waals surface area contributed by atoms with Gasteiger partial charge in [-0.15, -0.1) is 11.6 Å². The fraction of sp³-hybridized carbons (Fsp3) is 0.900. The van der Waals surface area contributed by atoms with Gasteiger partial charge in [-0.1, -0.05) is 6.92 Å². The van der Waals surface area contributed by atoms with E-state index < -0.39 is 17.5 Å². The van der Waals surface area contributed by atoms with E-state index in [2.05, 4.69) is 0 Å². The highest BCUT2D eigenvalue weighted by atomic mass is 35.5. The molecule has 0 aromatic heterocycles. The molecule has 1 atom stereocenters. The third kappa shape index (κ3) is 3.27. The number of hydrogen-bond donors (Lipinski definition) is 0. The molecule has 0 unspecified atom stereocenters. The first kappa shape index (κ1) is 13.6. The van der Waals surface area contributed by atoms with Crippen LogP contribution in [0.25, 0.3) is 0 Å². The molecule has 0 aliphatic carbocycles. The Morgan fingerprint density at radius 1 is 1.44 bits per heavy atom. The number of carbonyl (C=O) groups is 1. The van der Waals surface area contributed by atoms with Gasteiger partial charge in [0.05, 0.1) is 5.92 Å². The fourth-order valence-corrected chi connectivity index (χ4v) is 1.94. The molecule has 16 heavy (non-hydrogen) atoms. The lowest BCUT2D eigenvalue weighted by Crippen LogP contribution is -2.44. The van der Waals surface area contributed by atoms with E-state index in [4.69, 9.17) is 11.6 Å². The highest BCUT2D eigenvalue weighted by molar-refractivity contribution is 6.30. The van der Waals surface area contributed by atoms with Crippen LogP contribution >= 0.6 is 11.6 Å². The largest absolute Gasteiger partial charge is 0.391 e. The summed E-state index contributed by atoms with van der Waals surface area (Å²) in [5.41, 5.74) is 0. The number of likely N-dealkylation sites (tertiary alicyclic amines) is 1.